The highest BCUT2D eigenvalue weighted by molar-refractivity contribution is 7.89. The van der Waals surface area contributed by atoms with E-state index in [1.54, 1.807) is 0 Å². The molecule has 0 bridgehead atoms. The van der Waals surface area contributed by atoms with Crippen LogP contribution in [0.3, 0.4) is 0 Å². The lowest BCUT2D eigenvalue weighted by Gasteiger charge is -2.23. The van der Waals surface area contributed by atoms with Crippen molar-refractivity contribution < 1.29 is 52.1 Å². The van der Waals surface area contributed by atoms with E-state index < -0.39 is 60.0 Å². The Bertz CT molecular complexity index is 1520. The Morgan fingerprint density at radius 3 is 1.85 bits per heavy atom. The lowest BCUT2D eigenvalue weighted by Crippen LogP contribution is -2.33. The Kier molecular flexibility index (Phi) is 8.99. The molecule has 0 fully saturated rings. The summed E-state index contributed by atoms with van der Waals surface area (Å²) < 4.78 is 141. The molecular formula is C24H21F6NO6S2. The number of benzene rings is 3. The average molecular weight is 598 g/mol. The van der Waals surface area contributed by atoms with Gasteiger partial charge in [-0.05, 0) is 54.1 Å². The molecule has 3 rings (SSSR count). The third kappa shape index (κ3) is 7.71. The summed E-state index contributed by atoms with van der Waals surface area (Å²) in [6.45, 7) is -0.788. The van der Waals surface area contributed by atoms with Crippen LogP contribution in [-0.2, 0) is 43.8 Å². The molecular weight excluding hydrogens is 576 g/mol. The maximum Gasteiger partial charge on any atom is 0.416 e. The van der Waals surface area contributed by atoms with Gasteiger partial charge in [0.1, 0.15) is 10.6 Å². The minimum absolute atomic E-state index is 0.113. The van der Waals surface area contributed by atoms with Crippen molar-refractivity contribution in [2.75, 3.05) is 20.3 Å². The van der Waals surface area contributed by atoms with E-state index in [0.29, 0.717) is 18.2 Å². The maximum absolute atomic E-state index is 13.2. The first-order valence-electron chi connectivity index (χ1n) is 10.9. The standard InChI is InChI=1S/C24H21F6NO6S2/c1-36-12-11-31(38(32,33)21-9-3-6-18(14-21)23(25,26)27)16-17-5-2-8-20(13-17)37-39(34,35)22-10-4-7-19(15-22)24(28,29)30/h2-10,13-15H,11-12,16H2,1H3. The number of hydrogen-bond donors (Lipinski definition) is 0. The van der Waals surface area contributed by atoms with Crippen LogP contribution in [-0.4, -0.2) is 41.4 Å². The molecule has 0 atom stereocenters. The highest BCUT2D eigenvalue weighted by atomic mass is 32.2. The van der Waals surface area contributed by atoms with Gasteiger partial charge < -0.3 is 8.92 Å². The molecule has 0 saturated heterocycles. The Hall–Kier alpha value is -3.14. The predicted molar refractivity (Wildman–Crippen MR) is 127 cm³/mol. The Morgan fingerprint density at radius 1 is 0.744 bits per heavy atom. The quantitative estimate of drug-likeness (QED) is 0.232. The molecule has 0 N–H and O–H groups in total. The molecule has 0 radical (unpaired) electrons. The van der Waals surface area contributed by atoms with Gasteiger partial charge in [0, 0.05) is 20.2 Å². The highest BCUT2D eigenvalue weighted by Gasteiger charge is 2.34. The van der Waals surface area contributed by atoms with Crippen LogP contribution in [0.4, 0.5) is 26.3 Å². The van der Waals surface area contributed by atoms with Crippen LogP contribution in [0.1, 0.15) is 16.7 Å². The van der Waals surface area contributed by atoms with Gasteiger partial charge in [0.25, 0.3) is 0 Å². The summed E-state index contributed by atoms with van der Waals surface area (Å²) in [5.41, 5.74) is -2.18. The molecule has 0 unspecified atom stereocenters. The number of rotatable bonds is 10. The van der Waals surface area contributed by atoms with Crippen molar-refractivity contribution in [3.8, 4) is 5.75 Å². The molecule has 0 aromatic heterocycles. The van der Waals surface area contributed by atoms with Gasteiger partial charge in [0.2, 0.25) is 10.0 Å². The zero-order valence-electron chi connectivity index (χ0n) is 20.0. The number of sulfonamides is 1. The van der Waals surface area contributed by atoms with Crippen LogP contribution in [0.5, 0.6) is 5.75 Å². The summed E-state index contributed by atoms with van der Waals surface area (Å²) in [7, 11) is -7.89. The first-order chi connectivity index (χ1) is 18.0. The van der Waals surface area contributed by atoms with Crippen molar-refractivity contribution >= 4 is 20.1 Å². The van der Waals surface area contributed by atoms with Crippen LogP contribution in [0, 0.1) is 0 Å². The Balaban J connectivity index is 1.90. The van der Waals surface area contributed by atoms with Crippen molar-refractivity contribution in [1.82, 2.24) is 4.31 Å². The van der Waals surface area contributed by atoms with Crippen LogP contribution >= 0.6 is 0 Å². The second kappa shape index (κ2) is 11.5. The van der Waals surface area contributed by atoms with Crippen LogP contribution in [0.2, 0.25) is 0 Å². The Labute approximate surface area is 220 Å². The van der Waals surface area contributed by atoms with Gasteiger partial charge in [-0.25, -0.2) is 8.42 Å². The molecule has 0 aliphatic heterocycles. The van der Waals surface area contributed by atoms with E-state index in [4.69, 9.17) is 8.92 Å². The molecule has 7 nitrogen and oxygen atoms in total. The first-order valence-corrected chi connectivity index (χ1v) is 13.8. The number of nitrogens with zero attached hydrogens (tertiary/aromatic N) is 1. The molecule has 212 valence electrons. The first kappa shape index (κ1) is 30.4. The molecule has 0 amide bonds. The van der Waals surface area contributed by atoms with Gasteiger partial charge >= 0.3 is 22.5 Å². The molecule has 0 saturated carbocycles. The van der Waals surface area contributed by atoms with E-state index in [1.165, 1.54) is 25.3 Å². The highest BCUT2D eigenvalue weighted by Crippen LogP contribution is 2.33. The van der Waals surface area contributed by atoms with E-state index in [2.05, 4.69) is 0 Å². The molecule has 0 heterocycles. The third-order valence-electron chi connectivity index (χ3n) is 5.26. The zero-order valence-corrected chi connectivity index (χ0v) is 21.7. The molecule has 0 aliphatic carbocycles. The lowest BCUT2D eigenvalue weighted by molar-refractivity contribution is -0.138. The van der Waals surface area contributed by atoms with E-state index in [9.17, 15) is 43.2 Å². The van der Waals surface area contributed by atoms with E-state index in [1.807, 2.05) is 0 Å². The summed E-state index contributed by atoms with van der Waals surface area (Å²) >= 11 is 0. The average Bonchev–Trinajstić information content (AvgIpc) is 2.85. The van der Waals surface area contributed by atoms with Gasteiger partial charge in [-0.3, -0.25) is 0 Å². The van der Waals surface area contributed by atoms with Crippen molar-refractivity contribution in [2.24, 2.45) is 0 Å². The van der Waals surface area contributed by atoms with Crippen molar-refractivity contribution in [2.45, 2.75) is 28.7 Å². The molecule has 3 aromatic rings. The second-order valence-electron chi connectivity index (χ2n) is 8.07. The van der Waals surface area contributed by atoms with Gasteiger partial charge in [-0.2, -0.15) is 39.1 Å². The SMILES string of the molecule is COCCN(Cc1cccc(OS(=O)(=O)c2cccc(C(F)(F)F)c2)c1)S(=O)(=O)c1cccc(C(F)(F)F)c1. The third-order valence-corrected chi connectivity index (χ3v) is 8.34. The van der Waals surface area contributed by atoms with Gasteiger partial charge in [0.15, 0.2) is 0 Å². The fraction of sp³-hybridized carbons (Fsp3) is 0.250. The summed E-state index contributed by atoms with van der Waals surface area (Å²) in [6.07, 6.45) is -9.57. The summed E-state index contributed by atoms with van der Waals surface area (Å²) in [4.78, 5) is -1.37. The number of halogens is 6. The zero-order chi connectivity index (χ0) is 29.1. The van der Waals surface area contributed by atoms with Crippen molar-refractivity contribution in [3.05, 3.63) is 89.5 Å². The summed E-state index contributed by atoms with van der Waals surface area (Å²) in [6, 6.07) is 11.2. The monoisotopic (exact) mass is 597 g/mol. The largest absolute Gasteiger partial charge is 0.416 e. The summed E-state index contributed by atoms with van der Waals surface area (Å²) in [5, 5.41) is 0. The summed E-state index contributed by atoms with van der Waals surface area (Å²) in [5.74, 6) is -0.326. The van der Waals surface area contributed by atoms with Crippen LogP contribution in [0.15, 0.2) is 82.6 Å². The van der Waals surface area contributed by atoms with E-state index >= 15 is 0 Å². The van der Waals surface area contributed by atoms with Crippen LogP contribution < -0.4 is 4.18 Å². The van der Waals surface area contributed by atoms with E-state index in [0.717, 1.165) is 40.7 Å². The molecule has 3 aromatic carbocycles. The van der Waals surface area contributed by atoms with Gasteiger partial charge in [0.05, 0.1) is 22.6 Å². The predicted octanol–water partition coefficient (Wildman–Crippen LogP) is 5.33. The van der Waals surface area contributed by atoms with Crippen LogP contribution in [0.25, 0.3) is 0 Å². The fourth-order valence-corrected chi connectivity index (χ4v) is 5.79. The fourth-order valence-electron chi connectivity index (χ4n) is 3.36. The van der Waals surface area contributed by atoms with E-state index in [-0.39, 0.29) is 24.5 Å². The van der Waals surface area contributed by atoms with Crippen molar-refractivity contribution in [1.29, 1.82) is 0 Å². The number of methoxy groups -OCH3 is 1. The van der Waals surface area contributed by atoms with Gasteiger partial charge in [-0.1, -0.05) is 24.3 Å². The number of alkyl halides is 6. The molecule has 0 spiro atoms. The lowest BCUT2D eigenvalue weighted by atomic mass is 10.2. The maximum atomic E-state index is 13.2. The number of ether oxygens (including phenoxy) is 1. The smallest absolute Gasteiger partial charge is 0.383 e. The Morgan fingerprint density at radius 2 is 1.28 bits per heavy atom. The number of hydrogen-bond acceptors (Lipinski definition) is 6. The molecule has 39 heavy (non-hydrogen) atoms. The minimum Gasteiger partial charge on any atom is -0.383 e. The van der Waals surface area contributed by atoms with Crippen molar-refractivity contribution in [3.63, 3.8) is 0 Å². The minimum atomic E-state index is -4.79. The second-order valence-corrected chi connectivity index (χ2v) is 11.6. The molecule has 0 aliphatic rings. The normalized spacial score (nSPS) is 13.0. The van der Waals surface area contributed by atoms with Gasteiger partial charge in [-0.15, -0.1) is 0 Å². The molecule has 15 heteroatoms. The topological polar surface area (TPSA) is 90.0 Å².